The van der Waals surface area contributed by atoms with Crippen LogP contribution in [-0.2, 0) is 16.8 Å². The van der Waals surface area contributed by atoms with Crippen molar-refractivity contribution < 1.29 is 9.47 Å². The van der Waals surface area contributed by atoms with E-state index >= 15 is 0 Å². The molecule has 5 rings (SSSR count). The molecule has 6 nitrogen and oxygen atoms in total. The first-order chi connectivity index (χ1) is 14.7. The number of benzene rings is 2. The number of ether oxygens (including phenoxy) is 2. The highest BCUT2D eigenvalue weighted by atomic mass is 16.5. The Morgan fingerprint density at radius 3 is 2.37 bits per heavy atom. The summed E-state index contributed by atoms with van der Waals surface area (Å²) in [6.07, 6.45) is 5.04. The highest BCUT2D eigenvalue weighted by Gasteiger charge is 2.41. The molecule has 0 radical (unpaired) electrons. The van der Waals surface area contributed by atoms with Crippen LogP contribution in [0.3, 0.4) is 0 Å². The van der Waals surface area contributed by atoms with Crippen LogP contribution in [0.2, 0.25) is 0 Å². The minimum absolute atomic E-state index is 0.0716. The van der Waals surface area contributed by atoms with Crippen LogP contribution in [0.15, 0.2) is 73.3 Å². The first kappa shape index (κ1) is 18.5. The molecular weight excluding hydrogens is 376 g/mol. The van der Waals surface area contributed by atoms with Crippen LogP contribution in [0.1, 0.15) is 22.4 Å². The molecule has 1 aliphatic heterocycles. The molecule has 0 saturated carbocycles. The van der Waals surface area contributed by atoms with Gasteiger partial charge in [-0.2, -0.15) is 0 Å². The van der Waals surface area contributed by atoms with Gasteiger partial charge in [-0.3, -0.25) is 0 Å². The second-order valence-corrected chi connectivity index (χ2v) is 7.59. The lowest BCUT2D eigenvalue weighted by molar-refractivity contribution is -0.0380. The summed E-state index contributed by atoms with van der Waals surface area (Å²) in [4.78, 5) is 15.8. The number of imidazole rings is 1. The van der Waals surface area contributed by atoms with Gasteiger partial charge in [0.15, 0.2) is 5.82 Å². The Kier molecular flexibility index (Phi) is 4.77. The molecule has 2 aromatic carbocycles. The normalized spacial score (nSPS) is 14.8. The van der Waals surface area contributed by atoms with Crippen LogP contribution in [0.25, 0.3) is 11.5 Å². The predicted molar refractivity (Wildman–Crippen MR) is 113 cm³/mol. The quantitative estimate of drug-likeness (QED) is 0.530. The minimum atomic E-state index is -0.0716. The molecule has 0 unspecified atom stereocenters. The van der Waals surface area contributed by atoms with Crippen LogP contribution >= 0.6 is 0 Å². The summed E-state index contributed by atoms with van der Waals surface area (Å²) in [7, 11) is 0. The Morgan fingerprint density at radius 2 is 1.73 bits per heavy atom. The first-order valence-corrected chi connectivity index (χ1v) is 9.92. The van der Waals surface area contributed by atoms with Gasteiger partial charge in [0.25, 0.3) is 0 Å². The maximum atomic E-state index is 5.96. The molecule has 30 heavy (non-hydrogen) atoms. The van der Waals surface area contributed by atoms with Crippen molar-refractivity contribution in [2.45, 2.75) is 18.9 Å². The molecule has 1 saturated heterocycles. The van der Waals surface area contributed by atoms with Gasteiger partial charge in [0, 0.05) is 6.20 Å². The van der Waals surface area contributed by atoms with Gasteiger partial charge in [-0.25, -0.2) is 15.0 Å². The van der Waals surface area contributed by atoms with E-state index < -0.39 is 0 Å². The van der Waals surface area contributed by atoms with E-state index in [1.54, 1.807) is 18.7 Å². The van der Waals surface area contributed by atoms with E-state index in [-0.39, 0.29) is 5.41 Å². The van der Waals surface area contributed by atoms with E-state index in [2.05, 4.69) is 63.3 Å². The van der Waals surface area contributed by atoms with Gasteiger partial charge in [0.05, 0.1) is 36.8 Å². The third-order valence-electron chi connectivity index (χ3n) is 5.55. The lowest BCUT2D eigenvalue weighted by atomic mass is 9.73. The number of aromatic amines is 1. The summed E-state index contributed by atoms with van der Waals surface area (Å²) in [5.74, 6) is 1.41. The number of H-pyrrole nitrogens is 1. The molecule has 0 aliphatic carbocycles. The SMILES string of the molecule is Cc1ccc(C2(c3ccc(OCc4ccnc(-c5cnc[nH]5)n4)cc3)COC2)cc1. The average Bonchev–Trinajstić information content (AvgIpc) is 3.29. The zero-order valence-corrected chi connectivity index (χ0v) is 16.7. The number of nitrogens with zero attached hydrogens (tertiary/aromatic N) is 3. The van der Waals surface area contributed by atoms with Crippen molar-refractivity contribution >= 4 is 0 Å². The third kappa shape index (κ3) is 3.46. The Bertz CT molecular complexity index is 1120. The lowest BCUT2D eigenvalue weighted by Gasteiger charge is -2.42. The Balaban J connectivity index is 1.30. The summed E-state index contributed by atoms with van der Waals surface area (Å²) in [5.41, 5.74) is 5.32. The zero-order chi connectivity index (χ0) is 20.4. The van der Waals surface area contributed by atoms with Crippen molar-refractivity contribution in [2.75, 3.05) is 13.2 Å². The van der Waals surface area contributed by atoms with Crippen LogP contribution in [0.4, 0.5) is 0 Å². The summed E-state index contributed by atoms with van der Waals surface area (Å²) >= 11 is 0. The average molecular weight is 398 g/mol. The number of aromatic nitrogens is 4. The molecule has 4 aromatic rings. The maximum absolute atomic E-state index is 5.96. The fraction of sp³-hybridized carbons (Fsp3) is 0.208. The second kappa shape index (κ2) is 7.72. The lowest BCUT2D eigenvalue weighted by Crippen LogP contribution is -2.47. The number of hydrogen-bond donors (Lipinski definition) is 1. The Morgan fingerprint density at radius 1 is 1.00 bits per heavy atom. The van der Waals surface area contributed by atoms with Gasteiger partial charge >= 0.3 is 0 Å². The van der Waals surface area contributed by atoms with Crippen molar-refractivity contribution in [2.24, 2.45) is 0 Å². The molecule has 1 fully saturated rings. The van der Waals surface area contributed by atoms with Crippen molar-refractivity contribution in [1.82, 2.24) is 19.9 Å². The third-order valence-corrected chi connectivity index (χ3v) is 5.55. The molecule has 0 amide bonds. The molecule has 1 aliphatic rings. The Hall–Kier alpha value is -3.51. The summed E-state index contributed by atoms with van der Waals surface area (Å²) in [6, 6.07) is 18.9. The molecule has 150 valence electrons. The van der Waals surface area contributed by atoms with Gasteiger partial charge in [-0.15, -0.1) is 0 Å². The van der Waals surface area contributed by atoms with Gasteiger partial charge in [0.1, 0.15) is 18.1 Å². The minimum Gasteiger partial charge on any atom is -0.487 e. The Labute approximate surface area is 175 Å². The molecule has 1 N–H and O–H groups in total. The fourth-order valence-electron chi connectivity index (χ4n) is 3.69. The van der Waals surface area contributed by atoms with Crippen molar-refractivity contribution in [3.63, 3.8) is 0 Å². The smallest absolute Gasteiger partial charge is 0.177 e. The number of nitrogens with one attached hydrogen (secondary N) is 1. The van der Waals surface area contributed by atoms with E-state index in [0.717, 1.165) is 17.1 Å². The predicted octanol–water partition coefficient (Wildman–Crippen LogP) is 4.07. The van der Waals surface area contributed by atoms with E-state index in [0.29, 0.717) is 25.6 Å². The number of rotatable bonds is 6. The van der Waals surface area contributed by atoms with Gasteiger partial charge in [0.2, 0.25) is 0 Å². The molecule has 0 spiro atoms. The molecule has 6 heteroatoms. The fourth-order valence-corrected chi connectivity index (χ4v) is 3.69. The molecule has 2 aromatic heterocycles. The van der Waals surface area contributed by atoms with E-state index in [1.165, 1.54) is 16.7 Å². The van der Waals surface area contributed by atoms with Crippen LogP contribution in [0, 0.1) is 6.92 Å². The largest absolute Gasteiger partial charge is 0.487 e. The highest BCUT2D eigenvalue weighted by Crippen LogP contribution is 2.39. The first-order valence-electron chi connectivity index (χ1n) is 9.92. The summed E-state index contributed by atoms with van der Waals surface area (Å²) < 4.78 is 11.6. The molecular formula is C24H22N4O2. The molecule has 0 bridgehead atoms. The van der Waals surface area contributed by atoms with Gasteiger partial charge in [-0.1, -0.05) is 42.0 Å². The maximum Gasteiger partial charge on any atom is 0.177 e. The van der Waals surface area contributed by atoms with Crippen LogP contribution in [-0.4, -0.2) is 33.1 Å². The molecule has 0 atom stereocenters. The second-order valence-electron chi connectivity index (χ2n) is 7.59. The zero-order valence-electron chi connectivity index (χ0n) is 16.7. The van der Waals surface area contributed by atoms with Gasteiger partial charge in [-0.05, 0) is 36.2 Å². The number of aryl methyl sites for hydroxylation is 1. The van der Waals surface area contributed by atoms with Gasteiger partial charge < -0.3 is 14.5 Å². The van der Waals surface area contributed by atoms with Crippen LogP contribution < -0.4 is 4.74 Å². The van der Waals surface area contributed by atoms with Crippen LogP contribution in [0.5, 0.6) is 5.75 Å². The highest BCUT2D eigenvalue weighted by molar-refractivity contribution is 5.47. The molecule has 3 heterocycles. The van der Waals surface area contributed by atoms with Crippen molar-refractivity contribution in [3.8, 4) is 17.3 Å². The monoisotopic (exact) mass is 398 g/mol. The topological polar surface area (TPSA) is 72.9 Å². The van der Waals surface area contributed by atoms with Crippen molar-refractivity contribution in [1.29, 1.82) is 0 Å². The summed E-state index contributed by atoms with van der Waals surface area (Å²) in [5, 5.41) is 0. The van der Waals surface area contributed by atoms with Crippen molar-refractivity contribution in [3.05, 3.63) is 95.7 Å². The number of hydrogen-bond acceptors (Lipinski definition) is 5. The van der Waals surface area contributed by atoms with E-state index in [1.807, 2.05) is 18.2 Å². The van der Waals surface area contributed by atoms with E-state index in [9.17, 15) is 0 Å². The summed E-state index contributed by atoms with van der Waals surface area (Å²) in [6.45, 7) is 3.88. The van der Waals surface area contributed by atoms with E-state index in [4.69, 9.17) is 9.47 Å². The standard InChI is InChI=1S/C24H22N4O2/c1-17-2-4-18(5-3-17)24(14-29-15-24)19-6-8-21(9-7-19)30-13-20-10-11-26-23(28-20)22-12-25-16-27-22/h2-12,16H,13-15H2,1H3,(H,25,27).